The van der Waals surface area contributed by atoms with Crippen molar-refractivity contribution in [1.82, 2.24) is 10.2 Å². The van der Waals surface area contributed by atoms with Crippen LogP contribution in [0.3, 0.4) is 0 Å². The van der Waals surface area contributed by atoms with Crippen molar-refractivity contribution in [3.63, 3.8) is 0 Å². The second kappa shape index (κ2) is 5.74. The van der Waals surface area contributed by atoms with Crippen LogP contribution in [0.5, 0.6) is 0 Å². The van der Waals surface area contributed by atoms with Gasteiger partial charge in [0.2, 0.25) is 0 Å². The topological polar surface area (TPSA) is 91.9 Å². The molecule has 6 nitrogen and oxygen atoms in total. The molecule has 2 N–H and O–H groups in total. The summed E-state index contributed by atoms with van der Waals surface area (Å²) < 4.78 is 27.3. The van der Waals surface area contributed by atoms with Crippen molar-refractivity contribution in [1.29, 1.82) is 0 Å². The summed E-state index contributed by atoms with van der Waals surface area (Å²) in [6.45, 7) is 0. The van der Waals surface area contributed by atoms with Gasteiger partial charge >= 0.3 is 0 Å². The first-order valence-corrected chi connectivity index (χ1v) is 8.58. The van der Waals surface area contributed by atoms with E-state index >= 15 is 0 Å². The molecule has 0 atom stereocenters. The minimum Gasteiger partial charge on any atom is -0.279 e. The number of rotatable bonds is 4. The van der Waals surface area contributed by atoms with E-state index in [1.165, 1.54) is 12.1 Å². The molecule has 0 amide bonds. The molecule has 0 unspecified atom stereocenters. The number of nitrogens with zero attached hydrogens (tertiary/aromatic N) is 1. The Bertz CT molecular complexity index is 926. The Hall–Kier alpha value is -2.45. The van der Waals surface area contributed by atoms with Crippen molar-refractivity contribution < 1.29 is 8.42 Å². The van der Waals surface area contributed by atoms with Crippen LogP contribution in [0.1, 0.15) is 0 Å². The number of thiophene rings is 1. The number of benzene rings is 1. The summed E-state index contributed by atoms with van der Waals surface area (Å²) >= 11 is 1.08. The minimum atomic E-state index is -3.64. The van der Waals surface area contributed by atoms with Crippen molar-refractivity contribution in [2.75, 3.05) is 4.72 Å². The molecule has 0 aliphatic heterocycles. The third kappa shape index (κ3) is 3.07. The van der Waals surface area contributed by atoms with E-state index in [9.17, 15) is 13.2 Å². The van der Waals surface area contributed by atoms with Crippen molar-refractivity contribution >= 4 is 27.0 Å². The molecule has 3 rings (SSSR count). The standard InChI is InChI=1S/C14H11N3O3S2/c18-13-8-6-11(15-16-13)12-7-9-14(21-12)22(19,20)17-10-4-2-1-3-5-10/h1-9,17H,(H,16,18). The Morgan fingerprint density at radius 1 is 1.00 bits per heavy atom. The zero-order chi connectivity index (χ0) is 15.6. The Balaban J connectivity index is 1.89. The fourth-order valence-corrected chi connectivity index (χ4v) is 4.13. The highest BCUT2D eigenvalue weighted by Crippen LogP contribution is 2.29. The third-order valence-corrected chi connectivity index (χ3v) is 5.78. The number of sulfonamides is 1. The van der Waals surface area contributed by atoms with Gasteiger partial charge < -0.3 is 0 Å². The molecule has 0 saturated carbocycles. The van der Waals surface area contributed by atoms with Gasteiger partial charge in [0.05, 0.1) is 4.88 Å². The number of aromatic nitrogens is 2. The number of hydrogen-bond acceptors (Lipinski definition) is 5. The van der Waals surface area contributed by atoms with Crippen LogP contribution in [0.15, 0.2) is 63.6 Å². The van der Waals surface area contributed by atoms with Crippen LogP contribution in [-0.2, 0) is 10.0 Å². The molecule has 0 radical (unpaired) electrons. The lowest BCUT2D eigenvalue weighted by Crippen LogP contribution is -2.11. The van der Waals surface area contributed by atoms with Gasteiger partial charge in [-0.1, -0.05) is 18.2 Å². The first kappa shape index (κ1) is 14.5. The number of H-pyrrole nitrogens is 1. The van der Waals surface area contributed by atoms with E-state index in [0.717, 1.165) is 11.3 Å². The highest BCUT2D eigenvalue weighted by atomic mass is 32.2. The summed E-state index contributed by atoms with van der Waals surface area (Å²) in [4.78, 5) is 11.7. The molecule has 3 aromatic rings. The molecule has 0 spiro atoms. The number of hydrogen-bond donors (Lipinski definition) is 2. The third-order valence-electron chi connectivity index (χ3n) is 2.80. The summed E-state index contributed by atoms with van der Waals surface area (Å²) in [5.74, 6) is 0. The average Bonchev–Trinajstić information content (AvgIpc) is 2.99. The maximum absolute atomic E-state index is 12.3. The number of para-hydroxylation sites is 1. The molecule has 0 fully saturated rings. The van der Waals surface area contributed by atoms with E-state index in [2.05, 4.69) is 14.9 Å². The van der Waals surface area contributed by atoms with Crippen LogP contribution in [0.2, 0.25) is 0 Å². The van der Waals surface area contributed by atoms with Gasteiger partial charge in [-0.15, -0.1) is 11.3 Å². The quantitative estimate of drug-likeness (QED) is 0.766. The predicted molar refractivity (Wildman–Crippen MR) is 85.4 cm³/mol. The maximum Gasteiger partial charge on any atom is 0.271 e. The molecule has 0 saturated heterocycles. The summed E-state index contributed by atoms with van der Waals surface area (Å²) in [6.07, 6.45) is 0. The van der Waals surface area contributed by atoms with E-state index in [1.807, 2.05) is 6.07 Å². The first-order valence-electron chi connectivity index (χ1n) is 6.28. The van der Waals surface area contributed by atoms with Gasteiger partial charge in [0.1, 0.15) is 9.90 Å². The summed E-state index contributed by atoms with van der Waals surface area (Å²) in [7, 11) is -3.64. The van der Waals surface area contributed by atoms with E-state index in [1.54, 1.807) is 36.4 Å². The summed E-state index contributed by atoms with van der Waals surface area (Å²) in [6, 6.07) is 14.7. The van der Waals surface area contributed by atoms with Crippen molar-refractivity contribution in [3.8, 4) is 10.6 Å². The lowest BCUT2D eigenvalue weighted by molar-refractivity contribution is 0.603. The zero-order valence-corrected chi connectivity index (χ0v) is 12.8. The predicted octanol–water partition coefficient (Wildman–Crippen LogP) is 2.30. The van der Waals surface area contributed by atoms with Gasteiger partial charge in [0.25, 0.3) is 15.6 Å². The Morgan fingerprint density at radius 2 is 1.77 bits per heavy atom. The van der Waals surface area contributed by atoms with Gasteiger partial charge in [-0.05, 0) is 30.3 Å². The molecular weight excluding hydrogens is 322 g/mol. The fraction of sp³-hybridized carbons (Fsp3) is 0. The second-order valence-electron chi connectivity index (χ2n) is 4.40. The molecule has 22 heavy (non-hydrogen) atoms. The second-order valence-corrected chi connectivity index (χ2v) is 7.39. The smallest absolute Gasteiger partial charge is 0.271 e. The lowest BCUT2D eigenvalue weighted by atomic mass is 10.3. The van der Waals surface area contributed by atoms with Crippen molar-refractivity contribution in [2.24, 2.45) is 0 Å². The average molecular weight is 333 g/mol. The van der Waals surface area contributed by atoms with Crippen LogP contribution in [0.25, 0.3) is 10.6 Å². The Kier molecular flexibility index (Phi) is 3.78. The van der Waals surface area contributed by atoms with Gasteiger partial charge in [0.15, 0.2) is 0 Å². The number of nitrogens with one attached hydrogen (secondary N) is 2. The number of anilines is 1. The lowest BCUT2D eigenvalue weighted by Gasteiger charge is -2.05. The largest absolute Gasteiger partial charge is 0.279 e. The molecule has 1 aromatic carbocycles. The van der Waals surface area contributed by atoms with E-state index in [-0.39, 0.29) is 9.77 Å². The van der Waals surface area contributed by atoms with E-state index in [4.69, 9.17) is 0 Å². The highest BCUT2D eigenvalue weighted by Gasteiger charge is 2.17. The molecule has 0 bridgehead atoms. The number of aromatic amines is 1. The van der Waals surface area contributed by atoms with Crippen LogP contribution in [0.4, 0.5) is 5.69 Å². The summed E-state index contributed by atoms with van der Waals surface area (Å²) in [5, 5.41) is 6.21. The van der Waals surface area contributed by atoms with Crippen LogP contribution in [0, 0.1) is 0 Å². The maximum atomic E-state index is 12.3. The van der Waals surface area contributed by atoms with Crippen LogP contribution < -0.4 is 10.3 Å². The van der Waals surface area contributed by atoms with Crippen LogP contribution >= 0.6 is 11.3 Å². The molecule has 0 aliphatic carbocycles. The van der Waals surface area contributed by atoms with Crippen molar-refractivity contribution in [3.05, 3.63) is 65.0 Å². The summed E-state index contributed by atoms with van der Waals surface area (Å²) in [5.41, 5.74) is 0.712. The molecule has 0 aliphatic rings. The Morgan fingerprint density at radius 3 is 2.45 bits per heavy atom. The highest BCUT2D eigenvalue weighted by molar-refractivity contribution is 7.94. The molecule has 2 aromatic heterocycles. The van der Waals surface area contributed by atoms with Gasteiger partial charge in [-0.3, -0.25) is 9.52 Å². The molecule has 2 heterocycles. The molecule has 8 heteroatoms. The monoisotopic (exact) mass is 333 g/mol. The molecular formula is C14H11N3O3S2. The fourth-order valence-electron chi connectivity index (χ4n) is 1.80. The normalized spacial score (nSPS) is 11.3. The van der Waals surface area contributed by atoms with E-state index in [0.29, 0.717) is 16.3 Å². The van der Waals surface area contributed by atoms with Crippen molar-refractivity contribution in [2.45, 2.75) is 4.21 Å². The van der Waals surface area contributed by atoms with Gasteiger partial charge in [-0.2, -0.15) is 5.10 Å². The van der Waals surface area contributed by atoms with Crippen LogP contribution in [-0.4, -0.2) is 18.6 Å². The molecule has 112 valence electrons. The zero-order valence-electron chi connectivity index (χ0n) is 11.2. The minimum absolute atomic E-state index is 0.180. The SMILES string of the molecule is O=c1ccc(-c2ccc(S(=O)(=O)Nc3ccccc3)s2)n[nH]1. The van der Waals surface area contributed by atoms with Gasteiger partial charge in [0, 0.05) is 11.8 Å². The van der Waals surface area contributed by atoms with E-state index < -0.39 is 10.0 Å². The van der Waals surface area contributed by atoms with Gasteiger partial charge in [-0.25, -0.2) is 13.5 Å². The first-order chi connectivity index (χ1) is 10.5. The Labute approximate surface area is 130 Å².